The number of likely N-dealkylation sites (N-methyl/N-ethyl adjacent to an activating group) is 1. The van der Waals surface area contributed by atoms with Crippen LogP contribution in [0, 0.1) is 6.92 Å². The maximum atomic E-state index is 12.8. The molecule has 0 radical (unpaired) electrons. The van der Waals surface area contributed by atoms with Gasteiger partial charge in [-0.1, -0.05) is 30.3 Å². The van der Waals surface area contributed by atoms with E-state index in [0.29, 0.717) is 17.8 Å². The molecular formula is C30H35N3O3. The molecule has 0 saturated carbocycles. The number of carbonyl (C=O) groups is 2. The Morgan fingerprint density at radius 3 is 2.36 bits per heavy atom. The van der Waals surface area contributed by atoms with Gasteiger partial charge in [0.15, 0.2) is 0 Å². The number of fused-ring (bicyclic) bond motifs is 1. The fourth-order valence-electron chi connectivity index (χ4n) is 5.09. The predicted octanol–water partition coefficient (Wildman–Crippen LogP) is 6.44. The number of hydrogen-bond acceptors (Lipinski definition) is 5. The first-order valence-electron chi connectivity index (χ1n) is 12.4. The number of rotatable bonds is 5. The minimum absolute atomic E-state index is 0.114. The number of nitrogens with zero attached hydrogens (tertiary/aromatic N) is 2. The van der Waals surface area contributed by atoms with Gasteiger partial charge in [0.05, 0.1) is 28.5 Å². The Labute approximate surface area is 213 Å². The minimum Gasteiger partial charge on any atom is -0.456 e. The number of nitrogen functional groups attached to an aromatic ring is 1. The lowest BCUT2D eigenvalue weighted by Crippen LogP contribution is -2.27. The summed E-state index contributed by atoms with van der Waals surface area (Å²) < 4.78 is 5.61. The van der Waals surface area contributed by atoms with Crippen LogP contribution >= 0.6 is 0 Å². The van der Waals surface area contributed by atoms with Gasteiger partial charge >= 0.3 is 5.97 Å². The van der Waals surface area contributed by atoms with Gasteiger partial charge in [-0.15, -0.1) is 0 Å². The topological polar surface area (TPSA) is 75.9 Å². The van der Waals surface area contributed by atoms with Crippen LogP contribution in [0.25, 0.3) is 11.1 Å². The lowest BCUT2D eigenvalue weighted by molar-refractivity contribution is -0.118. The van der Waals surface area contributed by atoms with Crippen LogP contribution in [-0.2, 0) is 9.53 Å². The first-order valence-corrected chi connectivity index (χ1v) is 12.4. The van der Waals surface area contributed by atoms with E-state index in [1.807, 2.05) is 102 Å². The smallest absolute Gasteiger partial charge is 0.339 e. The van der Waals surface area contributed by atoms with Crippen molar-refractivity contribution in [2.45, 2.75) is 53.1 Å². The molecule has 0 aliphatic carbocycles. The Hall–Kier alpha value is -3.80. The Morgan fingerprint density at radius 2 is 1.75 bits per heavy atom. The zero-order valence-electron chi connectivity index (χ0n) is 22.2. The minimum atomic E-state index is -0.569. The highest BCUT2D eigenvalue weighted by Gasteiger charge is 2.36. The normalized spacial score (nSPS) is 15.1. The fraction of sp³-hybridized carbons (Fsp3) is 0.333. The van der Waals surface area contributed by atoms with E-state index in [2.05, 4.69) is 4.90 Å². The molecule has 0 saturated heterocycles. The van der Waals surface area contributed by atoms with Crippen molar-refractivity contribution in [3.8, 4) is 11.1 Å². The van der Waals surface area contributed by atoms with E-state index >= 15 is 0 Å². The lowest BCUT2D eigenvalue weighted by atomic mass is 9.94. The highest BCUT2D eigenvalue weighted by Crippen LogP contribution is 2.46. The summed E-state index contributed by atoms with van der Waals surface area (Å²) in [5, 5.41) is 0. The summed E-state index contributed by atoms with van der Waals surface area (Å²) >= 11 is 0. The molecule has 0 spiro atoms. The van der Waals surface area contributed by atoms with E-state index in [9.17, 15) is 9.59 Å². The van der Waals surface area contributed by atoms with Gasteiger partial charge in [0.25, 0.3) is 0 Å². The molecule has 1 unspecified atom stereocenters. The number of benzene rings is 3. The average molecular weight is 486 g/mol. The molecule has 3 aromatic carbocycles. The predicted molar refractivity (Wildman–Crippen MR) is 147 cm³/mol. The third-order valence-corrected chi connectivity index (χ3v) is 6.72. The number of esters is 1. The van der Waals surface area contributed by atoms with Crippen molar-refractivity contribution in [1.29, 1.82) is 0 Å². The molecule has 3 aromatic rings. The number of ether oxygens (including phenoxy) is 1. The lowest BCUT2D eigenvalue weighted by Gasteiger charge is -2.26. The van der Waals surface area contributed by atoms with Crippen molar-refractivity contribution in [1.82, 2.24) is 0 Å². The monoisotopic (exact) mass is 485 g/mol. The van der Waals surface area contributed by atoms with Crippen molar-refractivity contribution in [2.24, 2.45) is 0 Å². The molecule has 1 amide bonds. The summed E-state index contributed by atoms with van der Waals surface area (Å²) in [6, 6.07) is 17.4. The van der Waals surface area contributed by atoms with Crippen LogP contribution in [-0.4, -0.2) is 31.1 Å². The van der Waals surface area contributed by atoms with Gasteiger partial charge in [0, 0.05) is 19.3 Å². The maximum Gasteiger partial charge on any atom is 0.339 e. The molecule has 0 fully saturated rings. The number of amides is 1. The molecule has 0 aromatic heterocycles. The van der Waals surface area contributed by atoms with Crippen LogP contribution in [0.2, 0.25) is 0 Å². The molecule has 1 atom stereocenters. The van der Waals surface area contributed by atoms with Gasteiger partial charge in [0.1, 0.15) is 5.60 Å². The number of anilines is 4. The summed E-state index contributed by atoms with van der Waals surface area (Å²) in [6.45, 7) is 12.2. The summed E-state index contributed by atoms with van der Waals surface area (Å²) in [5.41, 5.74) is 13.7. The number of hydrogen-bond donors (Lipinski definition) is 1. The third kappa shape index (κ3) is 4.43. The zero-order chi connectivity index (χ0) is 26.4. The van der Waals surface area contributed by atoms with Gasteiger partial charge in [-0.2, -0.15) is 0 Å². The largest absolute Gasteiger partial charge is 0.456 e. The van der Waals surface area contributed by atoms with Gasteiger partial charge in [-0.25, -0.2) is 4.79 Å². The molecule has 36 heavy (non-hydrogen) atoms. The molecular weight excluding hydrogens is 450 g/mol. The van der Waals surface area contributed by atoms with Gasteiger partial charge < -0.3 is 20.3 Å². The number of nitrogens with two attached hydrogens (primary N) is 1. The molecule has 6 nitrogen and oxygen atoms in total. The Kier molecular flexibility index (Phi) is 6.56. The van der Waals surface area contributed by atoms with Crippen LogP contribution in [0.15, 0.2) is 54.6 Å². The van der Waals surface area contributed by atoms with Crippen LogP contribution in [0.4, 0.5) is 22.7 Å². The standard InChI is InChI=1S/C30H35N3O3/c1-8-33-25-17-24(31)27(18(2)26(25)19(3)28(33)34)32(7)21-15-13-20(14-16-21)22-11-9-10-12-23(22)29(35)36-30(4,5)6/h9-17,19H,8,31H2,1-7H3. The van der Waals surface area contributed by atoms with E-state index in [1.54, 1.807) is 6.07 Å². The summed E-state index contributed by atoms with van der Waals surface area (Å²) in [5.74, 6) is -0.423. The van der Waals surface area contributed by atoms with Crippen LogP contribution in [0.1, 0.15) is 62.0 Å². The van der Waals surface area contributed by atoms with Gasteiger partial charge in [-0.05, 0) is 88.1 Å². The van der Waals surface area contributed by atoms with E-state index in [0.717, 1.165) is 39.3 Å². The van der Waals surface area contributed by atoms with Crippen LogP contribution in [0.3, 0.4) is 0 Å². The first-order chi connectivity index (χ1) is 16.9. The third-order valence-electron chi connectivity index (χ3n) is 6.72. The quantitative estimate of drug-likeness (QED) is 0.333. The molecule has 6 heteroatoms. The van der Waals surface area contributed by atoms with Crippen molar-refractivity contribution in [2.75, 3.05) is 29.1 Å². The maximum absolute atomic E-state index is 12.8. The van der Waals surface area contributed by atoms with Crippen molar-refractivity contribution in [3.63, 3.8) is 0 Å². The molecule has 2 N–H and O–H groups in total. The second-order valence-electron chi connectivity index (χ2n) is 10.3. The van der Waals surface area contributed by atoms with Crippen molar-refractivity contribution < 1.29 is 14.3 Å². The first kappa shape index (κ1) is 25.3. The summed E-state index contributed by atoms with van der Waals surface area (Å²) in [4.78, 5) is 29.4. The molecule has 4 rings (SSSR count). The molecule has 188 valence electrons. The van der Waals surface area contributed by atoms with Crippen LogP contribution < -0.4 is 15.5 Å². The Bertz CT molecular complexity index is 1320. The Balaban J connectivity index is 1.68. The summed E-state index contributed by atoms with van der Waals surface area (Å²) in [7, 11) is 1.98. The molecule has 1 aliphatic heterocycles. The van der Waals surface area contributed by atoms with E-state index in [4.69, 9.17) is 10.5 Å². The van der Waals surface area contributed by atoms with Crippen molar-refractivity contribution >= 4 is 34.6 Å². The molecule has 1 aliphatic rings. The van der Waals surface area contributed by atoms with Crippen molar-refractivity contribution in [3.05, 3.63) is 71.3 Å². The number of carbonyl (C=O) groups excluding carboxylic acids is 2. The zero-order valence-corrected chi connectivity index (χ0v) is 22.2. The molecule has 1 heterocycles. The SMILES string of the molecule is CCN1C(=O)C(C)c2c1cc(N)c(N(C)c1ccc(-c3ccccc3C(=O)OC(C)(C)C)cc1)c2C. The van der Waals surface area contributed by atoms with Gasteiger partial charge in [0.2, 0.25) is 5.91 Å². The summed E-state index contributed by atoms with van der Waals surface area (Å²) in [6.07, 6.45) is 0. The van der Waals surface area contributed by atoms with E-state index < -0.39 is 5.60 Å². The highest BCUT2D eigenvalue weighted by molar-refractivity contribution is 6.07. The highest BCUT2D eigenvalue weighted by atomic mass is 16.6. The second-order valence-corrected chi connectivity index (χ2v) is 10.3. The van der Waals surface area contributed by atoms with Gasteiger partial charge in [-0.3, -0.25) is 4.79 Å². The van der Waals surface area contributed by atoms with E-state index in [-0.39, 0.29) is 17.8 Å². The second kappa shape index (κ2) is 9.34. The Morgan fingerprint density at radius 1 is 1.11 bits per heavy atom. The fourth-order valence-corrected chi connectivity index (χ4v) is 5.09. The van der Waals surface area contributed by atoms with Crippen LogP contribution in [0.5, 0.6) is 0 Å². The van der Waals surface area contributed by atoms with E-state index in [1.165, 1.54) is 0 Å². The molecule has 0 bridgehead atoms. The average Bonchev–Trinajstić information content (AvgIpc) is 3.07.